The second-order valence-electron chi connectivity index (χ2n) is 1.86. The Hall–Kier alpha value is -0.940. The third-order valence-corrected chi connectivity index (χ3v) is 1.98. The van der Waals surface area contributed by atoms with E-state index in [1.54, 1.807) is 12.4 Å². The van der Waals surface area contributed by atoms with Gasteiger partial charge in [-0.15, -0.1) is 11.3 Å². The zero-order valence-corrected chi connectivity index (χ0v) is 6.81. The molecule has 60 valence electrons. The van der Waals surface area contributed by atoms with Crippen molar-refractivity contribution < 1.29 is 9.90 Å². The van der Waals surface area contributed by atoms with Crippen molar-refractivity contribution in [2.45, 2.75) is 6.61 Å². The molecule has 0 saturated heterocycles. The lowest BCUT2D eigenvalue weighted by Crippen LogP contribution is -2.18. The van der Waals surface area contributed by atoms with E-state index in [0.29, 0.717) is 10.7 Å². The number of hydrogen-bond acceptors (Lipinski definition) is 4. The van der Waals surface area contributed by atoms with Crippen molar-refractivity contribution in [2.24, 2.45) is 0 Å². The SMILES string of the molecule is CNC(=O)c1csc(CO)n1. The van der Waals surface area contributed by atoms with Crippen LogP contribution in [0.4, 0.5) is 0 Å². The lowest BCUT2D eigenvalue weighted by Gasteiger charge is -1.90. The molecule has 0 unspecified atom stereocenters. The van der Waals surface area contributed by atoms with Crippen LogP contribution in [0.1, 0.15) is 15.5 Å². The van der Waals surface area contributed by atoms with E-state index in [-0.39, 0.29) is 12.5 Å². The number of rotatable bonds is 2. The molecule has 0 bridgehead atoms. The van der Waals surface area contributed by atoms with E-state index in [9.17, 15) is 4.79 Å². The minimum Gasteiger partial charge on any atom is -0.389 e. The minimum absolute atomic E-state index is 0.109. The van der Waals surface area contributed by atoms with Gasteiger partial charge in [-0.1, -0.05) is 0 Å². The number of thiazole rings is 1. The van der Waals surface area contributed by atoms with E-state index in [1.165, 1.54) is 11.3 Å². The maximum absolute atomic E-state index is 10.9. The molecule has 0 aromatic carbocycles. The Balaban J connectivity index is 2.80. The van der Waals surface area contributed by atoms with Crippen LogP contribution in [0.25, 0.3) is 0 Å². The van der Waals surface area contributed by atoms with Crippen LogP contribution in [-0.4, -0.2) is 23.0 Å². The zero-order valence-electron chi connectivity index (χ0n) is 6.00. The molecule has 11 heavy (non-hydrogen) atoms. The van der Waals surface area contributed by atoms with Gasteiger partial charge >= 0.3 is 0 Å². The highest BCUT2D eigenvalue weighted by Crippen LogP contribution is 2.08. The Morgan fingerprint density at radius 1 is 1.91 bits per heavy atom. The molecular weight excluding hydrogens is 164 g/mol. The summed E-state index contributed by atoms with van der Waals surface area (Å²) in [5.41, 5.74) is 0.363. The summed E-state index contributed by atoms with van der Waals surface area (Å²) in [7, 11) is 1.54. The van der Waals surface area contributed by atoms with Crippen LogP contribution in [0.2, 0.25) is 0 Å². The van der Waals surface area contributed by atoms with Crippen LogP contribution >= 0.6 is 11.3 Å². The zero-order chi connectivity index (χ0) is 8.27. The molecule has 0 saturated carbocycles. The van der Waals surface area contributed by atoms with Gasteiger partial charge in [-0.3, -0.25) is 4.79 Å². The number of aliphatic hydroxyl groups is 1. The molecule has 0 radical (unpaired) electrons. The van der Waals surface area contributed by atoms with Crippen molar-refractivity contribution in [3.63, 3.8) is 0 Å². The molecule has 4 nitrogen and oxygen atoms in total. The van der Waals surface area contributed by atoms with Crippen molar-refractivity contribution in [1.82, 2.24) is 10.3 Å². The van der Waals surface area contributed by atoms with Crippen LogP contribution in [-0.2, 0) is 6.61 Å². The Labute approximate surface area is 67.9 Å². The molecule has 0 atom stereocenters. The second-order valence-corrected chi connectivity index (χ2v) is 2.81. The van der Waals surface area contributed by atoms with Crippen LogP contribution in [0.5, 0.6) is 0 Å². The van der Waals surface area contributed by atoms with Crippen LogP contribution in [0, 0.1) is 0 Å². The Morgan fingerprint density at radius 3 is 3.09 bits per heavy atom. The minimum atomic E-state index is -0.221. The number of nitrogens with zero attached hydrogens (tertiary/aromatic N) is 1. The summed E-state index contributed by atoms with van der Waals surface area (Å²) in [6.45, 7) is -0.109. The topological polar surface area (TPSA) is 62.2 Å². The van der Waals surface area contributed by atoms with E-state index in [4.69, 9.17) is 5.11 Å². The van der Waals surface area contributed by atoms with Crippen LogP contribution < -0.4 is 5.32 Å². The van der Waals surface area contributed by atoms with E-state index < -0.39 is 0 Å². The fourth-order valence-electron chi connectivity index (χ4n) is 0.616. The van der Waals surface area contributed by atoms with Gasteiger partial charge in [0.15, 0.2) is 0 Å². The van der Waals surface area contributed by atoms with Crippen molar-refractivity contribution in [1.29, 1.82) is 0 Å². The Morgan fingerprint density at radius 2 is 2.64 bits per heavy atom. The summed E-state index contributed by atoms with van der Waals surface area (Å²) in [5, 5.41) is 13.2. The normalized spacial score (nSPS) is 9.64. The van der Waals surface area contributed by atoms with Crippen molar-refractivity contribution in [2.75, 3.05) is 7.05 Å². The molecule has 0 aliphatic heterocycles. The number of hydrogen-bond donors (Lipinski definition) is 2. The number of nitrogens with one attached hydrogen (secondary N) is 1. The van der Waals surface area contributed by atoms with Gasteiger partial charge in [0.2, 0.25) is 0 Å². The first kappa shape index (κ1) is 8.16. The predicted molar refractivity (Wildman–Crippen MR) is 41.4 cm³/mol. The molecule has 0 aliphatic rings. The maximum atomic E-state index is 10.9. The summed E-state index contributed by atoms with van der Waals surface area (Å²) in [4.78, 5) is 14.8. The van der Waals surface area contributed by atoms with E-state index in [2.05, 4.69) is 10.3 Å². The number of aliphatic hydroxyl groups excluding tert-OH is 1. The van der Waals surface area contributed by atoms with Gasteiger partial charge in [-0.2, -0.15) is 0 Å². The average Bonchev–Trinajstić information content (AvgIpc) is 2.50. The first-order valence-corrected chi connectivity index (χ1v) is 3.93. The molecule has 1 amide bonds. The summed E-state index contributed by atoms with van der Waals surface area (Å²) in [6.07, 6.45) is 0. The number of carbonyl (C=O) groups is 1. The molecule has 2 N–H and O–H groups in total. The average molecular weight is 172 g/mol. The summed E-state index contributed by atoms with van der Waals surface area (Å²) < 4.78 is 0. The van der Waals surface area contributed by atoms with Gasteiger partial charge in [0.05, 0.1) is 6.61 Å². The van der Waals surface area contributed by atoms with Crippen molar-refractivity contribution in [3.8, 4) is 0 Å². The summed E-state index contributed by atoms with van der Waals surface area (Å²) in [6, 6.07) is 0. The third-order valence-electron chi connectivity index (χ3n) is 1.15. The van der Waals surface area contributed by atoms with Gasteiger partial charge in [-0.05, 0) is 0 Å². The number of aromatic nitrogens is 1. The maximum Gasteiger partial charge on any atom is 0.270 e. The quantitative estimate of drug-likeness (QED) is 0.659. The van der Waals surface area contributed by atoms with Crippen molar-refractivity contribution in [3.05, 3.63) is 16.1 Å². The fourth-order valence-corrected chi connectivity index (χ4v) is 1.25. The first-order chi connectivity index (χ1) is 5.27. The highest BCUT2D eigenvalue weighted by molar-refractivity contribution is 7.09. The van der Waals surface area contributed by atoms with Gasteiger partial charge in [0.1, 0.15) is 10.7 Å². The van der Waals surface area contributed by atoms with Crippen LogP contribution in [0.15, 0.2) is 5.38 Å². The highest BCUT2D eigenvalue weighted by atomic mass is 32.1. The fraction of sp³-hybridized carbons (Fsp3) is 0.333. The standard InChI is InChI=1S/C6H8N2O2S/c1-7-6(10)4-3-11-5(2-9)8-4/h3,9H,2H2,1H3,(H,7,10). The van der Waals surface area contributed by atoms with E-state index in [0.717, 1.165) is 0 Å². The van der Waals surface area contributed by atoms with Gasteiger partial charge < -0.3 is 10.4 Å². The lowest BCUT2D eigenvalue weighted by atomic mass is 10.5. The molecule has 1 heterocycles. The van der Waals surface area contributed by atoms with Gasteiger partial charge in [-0.25, -0.2) is 4.98 Å². The number of carbonyl (C=O) groups excluding carboxylic acids is 1. The van der Waals surface area contributed by atoms with Crippen molar-refractivity contribution >= 4 is 17.2 Å². The molecule has 1 rings (SSSR count). The molecular formula is C6H8N2O2S. The summed E-state index contributed by atoms with van der Waals surface area (Å²) in [5.74, 6) is -0.221. The lowest BCUT2D eigenvalue weighted by molar-refractivity contribution is 0.0958. The molecule has 1 aromatic heterocycles. The Kier molecular flexibility index (Phi) is 2.56. The third kappa shape index (κ3) is 1.75. The second kappa shape index (κ2) is 3.45. The highest BCUT2D eigenvalue weighted by Gasteiger charge is 2.06. The first-order valence-electron chi connectivity index (χ1n) is 3.05. The monoisotopic (exact) mass is 172 g/mol. The Bertz CT molecular complexity index is 259. The van der Waals surface area contributed by atoms with Crippen LogP contribution in [0.3, 0.4) is 0 Å². The van der Waals surface area contributed by atoms with E-state index >= 15 is 0 Å². The van der Waals surface area contributed by atoms with Gasteiger partial charge in [0.25, 0.3) is 5.91 Å². The molecule has 0 spiro atoms. The number of amides is 1. The van der Waals surface area contributed by atoms with Gasteiger partial charge in [0, 0.05) is 12.4 Å². The summed E-state index contributed by atoms with van der Waals surface area (Å²) >= 11 is 1.27. The smallest absolute Gasteiger partial charge is 0.270 e. The largest absolute Gasteiger partial charge is 0.389 e. The predicted octanol–water partition coefficient (Wildman–Crippen LogP) is -0.00500. The molecule has 1 aromatic rings. The molecule has 5 heteroatoms. The molecule has 0 fully saturated rings. The van der Waals surface area contributed by atoms with E-state index in [1.807, 2.05) is 0 Å². The molecule has 0 aliphatic carbocycles.